The quantitative estimate of drug-likeness (QED) is 0.573. The van der Waals surface area contributed by atoms with Crippen LogP contribution in [0.4, 0.5) is 13.2 Å². The van der Waals surface area contributed by atoms with E-state index in [1.807, 2.05) is 5.32 Å². The lowest BCUT2D eigenvalue weighted by atomic mass is 9.91. The van der Waals surface area contributed by atoms with Crippen molar-refractivity contribution in [2.24, 2.45) is 0 Å². The summed E-state index contributed by atoms with van der Waals surface area (Å²) in [5, 5.41) is 11.4. The molecule has 1 aromatic rings. The van der Waals surface area contributed by atoms with Crippen LogP contribution in [0.25, 0.3) is 0 Å². The van der Waals surface area contributed by atoms with Gasteiger partial charge in [0.15, 0.2) is 5.78 Å². The molecule has 1 amide bonds. The molecule has 0 saturated heterocycles. The lowest BCUT2D eigenvalue weighted by Crippen LogP contribution is -2.58. The van der Waals surface area contributed by atoms with Gasteiger partial charge in [0.25, 0.3) is 11.5 Å². The molecule has 7 nitrogen and oxygen atoms in total. The highest BCUT2D eigenvalue weighted by molar-refractivity contribution is 7.54. The maximum Gasteiger partial charge on any atom is 0.430 e. The first-order chi connectivity index (χ1) is 12.6. The van der Waals surface area contributed by atoms with Crippen LogP contribution in [0.1, 0.15) is 19.4 Å². The number of nitrogens with one attached hydrogen (secondary N) is 1. The topological polar surface area (TPSA) is 94.1 Å². The minimum atomic E-state index is -5.14. The van der Waals surface area contributed by atoms with Crippen LogP contribution < -0.4 is 5.32 Å². The second-order valence-corrected chi connectivity index (χ2v) is 7.52. The van der Waals surface area contributed by atoms with Crippen molar-refractivity contribution in [3.8, 4) is 0 Å². The molecule has 0 unspecified atom stereocenters. The SMILES string of the molecule is CCOP(=O)(OCC)[C@@H](CO)NC(=O)[C@@](OC)(c1ccccc1)C(F)(F)F. The Hall–Kier alpha value is -1.45. The van der Waals surface area contributed by atoms with Crippen molar-refractivity contribution in [3.05, 3.63) is 35.9 Å². The zero-order chi connectivity index (χ0) is 20.7. The largest absolute Gasteiger partial charge is 0.430 e. The highest BCUT2D eigenvalue weighted by Gasteiger charge is 2.63. The van der Waals surface area contributed by atoms with Crippen molar-refractivity contribution < 1.29 is 41.4 Å². The number of halogens is 3. The molecule has 0 aliphatic heterocycles. The molecular formula is C16H23F3NO6P. The maximum atomic E-state index is 13.9. The van der Waals surface area contributed by atoms with Gasteiger partial charge in [-0.3, -0.25) is 9.36 Å². The molecule has 154 valence electrons. The Morgan fingerprint density at radius 2 is 1.70 bits per heavy atom. The number of methoxy groups -OCH3 is 1. The lowest BCUT2D eigenvalue weighted by molar-refractivity contribution is -0.266. The number of amides is 1. The third-order valence-corrected chi connectivity index (χ3v) is 5.97. The zero-order valence-electron chi connectivity index (χ0n) is 15.2. The van der Waals surface area contributed by atoms with Crippen molar-refractivity contribution in [3.63, 3.8) is 0 Å². The second kappa shape index (κ2) is 9.66. The summed E-state index contributed by atoms with van der Waals surface area (Å²) in [6.45, 7) is 1.81. The minimum absolute atomic E-state index is 0.100. The van der Waals surface area contributed by atoms with E-state index < -0.39 is 43.2 Å². The maximum absolute atomic E-state index is 13.9. The van der Waals surface area contributed by atoms with E-state index in [-0.39, 0.29) is 13.2 Å². The molecule has 1 rings (SSSR count). The summed E-state index contributed by atoms with van der Waals surface area (Å²) >= 11 is 0. The van der Waals surface area contributed by atoms with Gasteiger partial charge in [0.1, 0.15) is 0 Å². The highest BCUT2D eigenvalue weighted by Crippen LogP contribution is 2.52. The first-order valence-corrected chi connectivity index (χ1v) is 9.72. The van der Waals surface area contributed by atoms with E-state index in [0.717, 1.165) is 19.2 Å². The molecular weight excluding hydrogens is 390 g/mol. The van der Waals surface area contributed by atoms with Gasteiger partial charge in [-0.2, -0.15) is 13.2 Å². The fourth-order valence-corrected chi connectivity index (χ4v) is 4.11. The number of hydrogen-bond donors (Lipinski definition) is 2. The molecule has 0 aromatic heterocycles. The van der Waals surface area contributed by atoms with Crippen molar-refractivity contribution in [2.45, 2.75) is 31.4 Å². The first kappa shape index (κ1) is 23.6. The monoisotopic (exact) mass is 413 g/mol. The van der Waals surface area contributed by atoms with Gasteiger partial charge in [0.2, 0.25) is 0 Å². The summed E-state index contributed by atoms with van der Waals surface area (Å²) in [5.41, 5.74) is -3.85. The molecule has 0 saturated carbocycles. The van der Waals surface area contributed by atoms with E-state index in [9.17, 15) is 27.6 Å². The van der Waals surface area contributed by atoms with Crippen LogP contribution in [0.2, 0.25) is 0 Å². The summed E-state index contributed by atoms with van der Waals surface area (Å²) in [4.78, 5) is 12.7. The Kier molecular flexibility index (Phi) is 8.44. The Balaban J connectivity index is 3.36. The van der Waals surface area contributed by atoms with Crippen LogP contribution in [0, 0.1) is 0 Å². The van der Waals surface area contributed by atoms with Gasteiger partial charge in [-0.25, -0.2) is 0 Å². The molecule has 0 spiro atoms. The summed E-state index contributed by atoms with van der Waals surface area (Å²) in [6.07, 6.45) is -5.14. The first-order valence-electron chi connectivity index (χ1n) is 8.10. The number of carbonyl (C=O) groups excluding carboxylic acids is 1. The van der Waals surface area contributed by atoms with E-state index >= 15 is 0 Å². The number of benzene rings is 1. The van der Waals surface area contributed by atoms with Crippen molar-refractivity contribution in [1.29, 1.82) is 0 Å². The van der Waals surface area contributed by atoms with Crippen LogP contribution in [-0.4, -0.2) is 49.9 Å². The van der Waals surface area contributed by atoms with E-state index in [1.54, 1.807) is 0 Å². The molecule has 27 heavy (non-hydrogen) atoms. The third-order valence-electron chi connectivity index (χ3n) is 3.68. The zero-order valence-corrected chi connectivity index (χ0v) is 16.0. The molecule has 2 N–H and O–H groups in total. The molecule has 1 aromatic carbocycles. The number of alkyl halides is 3. The van der Waals surface area contributed by atoms with Crippen LogP contribution in [0.3, 0.4) is 0 Å². The lowest BCUT2D eigenvalue weighted by Gasteiger charge is -2.35. The third kappa shape index (κ3) is 4.89. The number of aliphatic hydroxyl groups is 1. The van der Waals surface area contributed by atoms with Crippen molar-refractivity contribution in [1.82, 2.24) is 5.32 Å². The van der Waals surface area contributed by atoms with Gasteiger partial charge in [-0.05, 0) is 13.8 Å². The Labute approximate surface area is 155 Å². The predicted octanol–water partition coefficient (Wildman–Crippen LogP) is 2.79. The molecule has 0 aliphatic carbocycles. The van der Waals surface area contributed by atoms with E-state index in [4.69, 9.17) is 9.05 Å². The standard InChI is InChI=1S/C16H23F3NO6P/c1-4-25-27(23,26-5-2)13(11-21)20-14(22)15(24-3,16(17,18)19)12-9-7-6-8-10-12/h6-10,13,21H,4-5,11H2,1-3H3,(H,20,22)/t13-,15-/m0/s1. The van der Waals surface area contributed by atoms with Gasteiger partial charge in [0, 0.05) is 12.7 Å². The summed E-state index contributed by atoms with van der Waals surface area (Å²) < 4.78 is 69.0. The molecule has 0 bridgehead atoms. The van der Waals surface area contributed by atoms with E-state index in [1.165, 1.54) is 32.0 Å². The second-order valence-electron chi connectivity index (χ2n) is 5.30. The molecule has 0 heterocycles. The molecule has 0 aliphatic rings. The van der Waals surface area contributed by atoms with Gasteiger partial charge < -0.3 is 24.2 Å². The summed E-state index contributed by atoms with van der Waals surface area (Å²) in [6, 6.07) is 6.27. The summed E-state index contributed by atoms with van der Waals surface area (Å²) in [5.74, 6) is -3.35. The Morgan fingerprint density at radius 3 is 2.07 bits per heavy atom. The average molecular weight is 413 g/mol. The van der Waals surface area contributed by atoms with Crippen molar-refractivity contribution >= 4 is 13.5 Å². The van der Waals surface area contributed by atoms with E-state index in [0.29, 0.717) is 0 Å². The van der Waals surface area contributed by atoms with Gasteiger partial charge in [0.05, 0.1) is 19.8 Å². The number of rotatable bonds is 10. The predicted molar refractivity (Wildman–Crippen MR) is 91.1 cm³/mol. The normalized spacial score (nSPS) is 15.8. The van der Waals surface area contributed by atoms with Gasteiger partial charge in [-0.15, -0.1) is 0 Å². The Morgan fingerprint density at radius 1 is 1.19 bits per heavy atom. The number of carbonyl (C=O) groups is 1. The average Bonchev–Trinajstić information content (AvgIpc) is 2.60. The minimum Gasteiger partial charge on any atom is -0.394 e. The van der Waals surface area contributed by atoms with Gasteiger partial charge in [-0.1, -0.05) is 30.3 Å². The number of ether oxygens (including phenoxy) is 1. The van der Waals surface area contributed by atoms with Crippen molar-refractivity contribution in [2.75, 3.05) is 26.9 Å². The summed E-state index contributed by atoms with van der Waals surface area (Å²) in [7, 11) is -3.38. The van der Waals surface area contributed by atoms with Crippen LogP contribution in [0.5, 0.6) is 0 Å². The molecule has 0 radical (unpaired) electrons. The van der Waals surface area contributed by atoms with E-state index in [2.05, 4.69) is 4.74 Å². The highest BCUT2D eigenvalue weighted by atomic mass is 31.2. The van der Waals surface area contributed by atoms with Gasteiger partial charge >= 0.3 is 13.8 Å². The molecule has 11 heteroatoms. The molecule has 2 atom stereocenters. The fourth-order valence-electron chi connectivity index (χ4n) is 2.48. The molecule has 0 fully saturated rings. The number of aliphatic hydroxyl groups excluding tert-OH is 1. The van der Waals surface area contributed by atoms with Crippen LogP contribution in [0.15, 0.2) is 30.3 Å². The van der Waals surface area contributed by atoms with Crippen LogP contribution >= 0.6 is 7.60 Å². The smallest absolute Gasteiger partial charge is 0.394 e. The fraction of sp³-hybridized carbons (Fsp3) is 0.562. The number of hydrogen-bond acceptors (Lipinski definition) is 6. The Bertz CT molecular complexity index is 647. The van der Waals surface area contributed by atoms with Crippen LogP contribution in [-0.2, 0) is 28.7 Å².